The van der Waals surface area contributed by atoms with Crippen LogP contribution in [0.2, 0.25) is 0 Å². The van der Waals surface area contributed by atoms with E-state index in [2.05, 4.69) is 17.6 Å². The van der Waals surface area contributed by atoms with Crippen LogP contribution in [0.25, 0.3) is 0 Å². The second kappa shape index (κ2) is 9.04. The van der Waals surface area contributed by atoms with E-state index in [9.17, 15) is 9.59 Å². The lowest BCUT2D eigenvalue weighted by molar-refractivity contribution is -0.134. The molecule has 1 saturated heterocycles. The fourth-order valence-electron chi connectivity index (χ4n) is 3.32. The van der Waals surface area contributed by atoms with Gasteiger partial charge in [-0.05, 0) is 42.7 Å². The van der Waals surface area contributed by atoms with Crippen molar-refractivity contribution in [3.8, 4) is 0 Å². The Morgan fingerprint density at radius 1 is 1.07 bits per heavy atom. The Bertz CT molecular complexity index is 740. The fourth-order valence-corrected chi connectivity index (χ4v) is 4.06. The number of carbonyl (C=O) groups is 2. The van der Waals surface area contributed by atoms with Crippen LogP contribution in [-0.4, -0.2) is 29.9 Å². The molecular weight excluding hydrogens is 358 g/mol. The van der Waals surface area contributed by atoms with Crippen LogP contribution in [0.1, 0.15) is 49.2 Å². The largest absolute Gasteiger partial charge is 0.341 e. The van der Waals surface area contributed by atoms with Crippen molar-refractivity contribution in [2.75, 3.05) is 13.1 Å². The number of rotatable bonds is 5. The van der Waals surface area contributed by atoms with Crippen molar-refractivity contribution < 1.29 is 9.59 Å². The Balaban J connectivity index is 1.70. The van der Waals surface area contributed by atoms with Crippen LogP contribution in [0.4, 0.5) is 4.79 Å². The monoisotopic (exact) mass is 385 g/mol. The fraction of sp³-hybridized carbons (Fsp3) is 0.429. The molecule has 2 atom stereocenters. The number of nitrogens with one attached hydrogen (secondary N) is 2. The predicted octanol–water partition coefficient (Wildman–Crippen LogP) is 4.11. The van der Waals surface area contributed by atoms with Gasteiger partial charge in [0.15, 0.2) is 0 Å². The minimum atomic E-state index is -0.671. The molecule has 0 radical (unpaired) electrons. The van der Waals surface area contributed by atoms with Crippen LogP contribution in [-0.2, 0) is 4.79 Å². The molecule has 3 amide bonds. The first-order chi connectivity index (χ1) is 13.0. The Hall–Kier alpha value is -2.34. The van der Waals surface area contributed by atoms with Crippen molar-refractivity contribution in [2.24, 2.45) is 5.92 Å². The summed E-state index contributed by atoms with van der Waals surface area (Å²) in [5, 5.41) is 7.82. The van der Waals surface area contributed by atoms with Crippen molar-refractivity contribution in [1.29, 1.82) is 0 Å². The van der Waals surface area contributed by atoms with Gasteiger partial charge < -0.3 is 15.5 Å². The van der Waals surface area contributed by atoms with Gasteiger partial charge in [-0.3, -0.25) is 4.79 Å². The highest BCUT2D eigenvalue weighted by Crippen LogP contribution is 2.22. The number of carbonyl (C=O) groups excluding carboxylic acids is 2. The lowest BCUT2D eigenvalue weighted by Crippen LogP contribution is -2.48. The Morgan fingerprint density at radius 2 is 1.78 bits per heavy atom. The van der Waals surface area contributed by atoms with Gasteiger partial charge in [0.05, 0.1) is 6.04 Å². The lowest BCUT2D eigenvalue weighted by Gasteiger charge is -2.33. The molecule has 2 N–H and O–H groups in total. The van der Waals surface area contributed by atoms with Crippen molar-refractivity contribution in [2.45, 2.75) is 38.8 Å². The highest BCUT2D eigenvalue weighted by molar-refractivity contribution is 7.10. The zero-order valence-corrected chi connectivity index (χ0v) is 16.7. The first-order valence-electron chi connectivity index (χ1n) is 9.48. The van der Waals surface area contributed by atoms with Crippen molar-refractivity contribution >= 4 is 23.3 Å². The van der Waals surface area contributed by atoms with Gasteiger partial charge in [-0.15, -0.1) is 11.3 Å². The summed E-state index contributed by atoms with van der Waals surface area (Å²) in [6.07, 6.45) is 2.02. The third-order valence-electron chi connectivity index (χ3n) is 5.07. The van der Waals surface area contributed by atoms with Gasteiger partial charge in [-0.25, -0.2) is 4.79 Å². The number of urea groups is 1. The second-order valence-electron chi connectivity index (χ2n) is 7.21. The van der Waals surface area contributed by atoms with Crippen LogP contribution >= 0.6 is 11.3 Å². The van der Waals surface area contributed by atoms with Gasteiger partial charge in [-0.1, -0.05) is 43.3 Å². The normalized spacial score (nSPS) is 17.2. The molecule has 0 aliphatic carbocycles. The van der Waals surface area contributed by atoms with Crippen LogP contribution in [0, 0.1) is 5.92 Å². The third kappa shape index (κ3) is 5.10. The number of benzene rings is 1. The maximum absolute atomic E-state index is 13.1. The minimum absolute atomic E-state index is 0.0352. The number of nitrogens with zero attached hydrogens (tertiary/aromatic N) is 1. The molecule has 2 heterocycles. The maximum Gasteiger partial charge on any atom is 0.316 e. The number of hydrogen-bond donors (Lipinski definition) is 2. The number of thiophene rings is 1. The summed E-state index contributed by atoms with van der Waals surface area (Å²) >= 11 is 1.60. The Labute approximate surface area is 164 Å². The third-order valence-corrected chi connectivity index (χ3v) is 6.12. The van der Waals surface area contributed by atoms with Crippen molar-refractivity contribution in [1.82, 2.24) is 15.5 Å². The van der Waals surface area contributed by atoms with Gasteiger partial charge in [0.1, 0.15) is 6.04 Å². The molecular formula is C21H27N3O2S. The summed E-state index contributed by atoms with van der Waals surface area (Å²) in [5.74, 6) is 0.610. The highest BCUT2D eigenvalue weighted by Gasteiger charge is 2.29. The van der Waals surface area contributed by atoms with Crippen molar-refractivity contribution in [3.63, 3.8) is 0 Å². The molecule has 1 fully saturated rings. The molecule has 1 aromatic heterocycles. The molecule has 5 nitrogen and oxygen atoms in total. The molecule has 27 heavy (non-hydrogen) atoms. The van der Waals surface area contributed by atoms with Gasteiger partial charge in [0.25, 0.3) is 0 Å². The zero-order chi connectivity index (χ0) is 19.2. The Kier molecular flexibility index (Phi) is 6.50. The highest BCUT2D eigenvalue weighted by atomic mass is 32.1. The summed E-state index contributed by atoms with van der Waals surface area (Å²) < 4.78 is 0. The van der Waals surface area contributed by atoms with Crippen LogP contribution in [0.3, 0.4) is 0 Å². The summed E-state index contributed by atoms with van der Waals surface area (Å²) in [5.41, 5.74) is 0.806. The second-order valence-corrected chi connectivity index (χ2v) is 8.19. The zero-order valence-electron chi connectivity index (χ0n) is 15.9. The molecule has 0 saturated carbocycles. The summed E-state index contributed by atoms with van der Waals surface area (Å²) in [6, 6.07) is 12.3. The van der Waals surface area contributed by atoms with E-state index >= 15 is 0 Å². The first kappa shape index (κ1) is 19.4. The van der Waals surface area contributed by atoms with E-state index in [1.807, 2.05) is 59.7 Å². The maximum atomic E-state index is 13.1. The molecule has 1 aliphatic rings. The molecule has 3 rings (SSSR count). The minimum Gasteiger partial charge on any atom is -0.341 e. The summed E-state index contributed by atoms with van der Waals surface area (Å²) in [6.45, 7) is 5.65. The van der Waals surface area contributed by atoms with E-state index in [-0.39, 0.29) is 18.0 Å². The predicted molar refractivity (Wildman–Crippen MR) is 109 cm³/mol. The van der Waals surface area contributed by atoms with Gasteiger partial charge >= 0.3 is 6.03 Å². The van der Waals surface area contributed by atoms with Gasteiger partial charge in [0.2, 0.25) is 5.91 Å². The summed E-state index contributed by atoms with van der Waals surface area (Å²) in [7, 11) is 0. The van der Waals surface area contributed by atoms with E-state index < -0.39 is 6.04 Å². The average Bonchev–Trinajstić information content (AvgIpc) is 3.22. The van der Waals surface area contributed by atoms with E-state index in [1.54, 1.807) is 11.3 Å². The van der Waals surface area contributed by atoms with Crippen LogP contribution in [0.15, 0.2) is 47.8 Å². The first-order valence-corrected chi connectivity index (χ1v) is 10.4. The van der Waals surface area contributed by atoms with E-state index in [0.29, 0.717) is 5.92 Å². The number of likely N-dealkylation sites (tertiary alicyclic amines) is 1. The standard InChI is InChI=1S/C21H27N3O2S/c1-15-10-12-24(13-11-15)20(25)19(17-7-4-3-5-8-17)23-21(26)22-16(2)18-9-6-14-27-18/h3-9,14-16,19H,10-13H2,1-2H3,(H2,22,23,26)/t16-,19+/m0/s1. The molecule has 1 aromatic carbocycles. The quantitative estimate of drug-likeness (QED) is 0.814. The van der Waals surface area contributed by atoms with Gasteiger partial charge in [-0.2, -0.15) is 0 Å². The molecule has 144 valence electrons. The number of hydrogen-bond acceptors (Lipinski definition) is 3. The van der Waals surface area contributed by atoms with Crippen molar-refractivity contribution in [3.05, 3.63) is 58.3 Å². The van der Waals surface area contributed by atoms with E-state index in [0.717, 1.165) is 36.4 Å². The summed E-state index contributed by atoms with van der Waals surface area (Å²) in [4.78, 5) is 28.7. The molecule has 2 aromatic rings. The Morgan fingerprint density at radius 3 is 2.41 bits per heavy atom. The molecule has 1 aliphatic heterocycles. The smallest absolute Gasteiger partial charge is 0.316 e. The molecule has 6 heteroatoms. The van der Waals surface area contributed by atoms with Gasteiger partial charge in [0, 0.05) is 18.0 Å². The SMILES string of the molecule is CC1CCN(C(=O)[C@H](NC(=O)N[C@@H](C)c2cccs2)c2ccccc2)CC1. The van der Waals surface area contributed by atoms with Crippen LogP contribution in [0.5, 0.6) is 0 Å². The topological polar surface area (TPSA) is 61.4 Å². The number of amides is 3. The van der Waals surface area contributed by atoms with Crippen LogP contribution < -0.4 is 10.6 Å². The lowest BCUT2D eigenvalue weighted by atomic mass is 9.97. The van der Waals surface area contributed by atoms with E-state index in [4.69, 9.17) is 0 Å². The molecule has 0 bridgehead atoms. The average molecular weight is 386 g/mol. The number of piperidine rings is 1. The molecule has 0 spiro atoms. The molecule has 0 unspecified atom stereocenters. The van der Waals surface area contributed by atoms with E-state index in [1.165, 1.54) is 0 Å².